The highest BCUT2D eigenvalue weighted by Crippen LogP contribution is 2.30. The van der Waals surface area contributed by atoms with E-state index < -0.39 is 10.0 Å². The largest absolute Gasteiger partial charge is 0.264 e. The maximum atomic E-state index is 12.7. The monoisotopic (exact) mass is 452 g/mol. The van der Waals surface area contributed by atoms with Gasteiger partial charge in [-0.25, -0.2) is 13.1 Å². The first-order valence-electron chi connectivity index (χ1n) is 8.88. The highest BCUT2D eigenvalue weighted by Gasteiger charge is 2.17. The van der Waals surface area contributed by atoms with Gasteiger partial charge in [-0.3, -0.25) is 0 Å². The van der Waals surface area contributed by atoms with Gasteiger partial charge < -0.3 is 0 Å². The standard InChI is InChI=1S/C21H16N4O2S3/c26-30(27,18-14-8-3-9-15-18)25-19-22-20(28-16-10-4-1-5-11-16)24-21(23-19)29-17-12-6-2-7-13-17/h1-15H,(H,22,23,24,25). The number of benzene rings is 3. The lowest BCUT2D eigenvalue weighted by atomic mass is 10.4. The fraction of sp³-hybridized carbons (Fsp3) is 0. The van der Waals surface area contributed by atoms with Crippen LogP contribution in [-0.4, -0.2) is 23.4 Å². The van der Waals surface area contributed by atoms with Crippen LogP contribution in [0.4, 0.5) is 5.95 Å². The van der Waals surface area contributed by atoms with Crippen molar-refractivity contribution in [1.29, 1.82) is 0 Å². The first kappa shape index (κ1) is 20.4. The molecule has 6 nitrogen and oxygen atoms in total. The van der Waals surface area contributed by atoms with Crippen molar-refractivity contribution in [1.82, 2.24) is 15.0 Å². The van der Waals surface area contributed by atoms with E-state index in [4.69, 9.17) is 0 Å². The lowest BCUT2D eigenvalue weighted by Gasteiger charge is -2.09. The molecule has 0 bridgehead atoms. The molecular weight excluding hydrogens is 436 g/mol. The molecule has 4 rings (SSSR count). The van der Waals surface area contributed by atoms with E-state index in [1.54, 1.807) is 18.2 Å². The van der Waals surface area contributed by atoms with Crippen LogP contribution in [0.3, 0.4) is 0 Å². The predicted octanol–water partition coefficient (Wildman–Crippen LogP) is 4.97. The Bertz CT molecular complexity index is 1160. The van der Waals surface area contributed by atoms with Crippen molar-refractivity contribution < 1.29 is 8.42 Å². The second-order valence-corrected chi connectivity index (χ2v) is 9.74. The van der Waals surface area contributed by atoms with Crippen LogP contribution in [-0.2, 0) is 10.0 Å². The van der Waals surface area contributed by atoms with Crippen LogP contribution >= 0.6 is 23.5 Å². The molecule has 0 aliphatic carbocycles. The van der Waals surface area contributed by atoms with E-state index in [2.05, 4.69) is 19.7 Å². The summed E-state index contributed by atoms with van der Waals surface area (Å²) in [4.78, 5) is 15.2. The predicted molar refractivity (Wildman–Crippen MR) is 118 cm³/mol. The van der Waals surface area contributed by atoms with Gasteiger partial charge in [0.05, 0.1) is 4.90 Å². The van der Waals surface area contributed by atoms with Crippen LogP contribution in [0.25, 0.3) is 0 Å². The minimum atomic E-state index is -3.81. The van der Waals surface area contributed by atoms with Gasteiger partial charge in [0.25, 0.3) is 10.0 Å². The fourth-order valence-electron chi connectivity index (χ4n) is 2.44. The van der Waals surface area contributed by atoms with E-state index in [0.717, 1.165) is 9.79 Å². The van der Waals surface area contributed by atoms with Gasteiger partial charge in [0.1, 0.15) is 0 Å². The third-order valence-electron chi connectivity index (χ3n) is 3.78. The molecule has 0 spiro atoms. The molecule has 0 aliphatic heterocycles. The highest BCUT2D eigenvalue weighted by atomic mass is 32.2. The van der Waals surface area contributed by atoms with Gasteiger partial charge in [0.15, 0.2) is 10.3 Å². The Morgan fingerprint density at radius 2 is 1.03 bits per heavy atom. The molecule has 30 heavy (non-hydrogen) atoms. The number of sulfonamides is 1. The Morgan fingerprint density at radius 3 is 1.50 bits per heavy atom. The minimum Gasteiger partial charge on any atom is -0.247 e. The molecule has 0 saturated carbocycles. The molecular formula is C21H16N4O2S3. The first-order valence-corrected chi connectivity index (χ1v) is 12.0. The summed E-state index contributed by atoms with van der Waals surface area (Å²) in [5.74, 6) is -0.0225. The van der Waals surface area contributed by atoms with Crippen molar-refractivity contribution >= 4 is 39.5 Å². The van der Waals surface area contributed by atoms with Crippen LogP contribution < -0.4 is 4.72 Å². The van der Waals surface area contributed by atoms with Crippen molar-refractivity contribution in [3.63, 3.8) is 0 Å². The molecule has 150 valence electrons. The Labute approximate surface area is 183 Å². The van der Waals surface area contributed by atoms with Crippen LogP contribution in [0, 0.1) is 0 Å². The smallest absolute Gasteiger partial charge is 0.247 e. The summed E-state index contributed by atoms with van der Waals surface area (Å²) in [7, 11) is -3.81. The number of nitrogens with one attached hydrogen (secondary N) is 1. The van der Waals surface area contributed by atoms with Crippen LogP contribution in [0.2, 0.25) is 0 Å². The Balaban J connectivity index is 1.67. The first-order chi connectivity index (χ1) is 14.6. The summed E-state index contributed by atoms with van der Waals surface area (Å²) in [5, 5.41) is 0.806. The maximum Gasteiger partial charge on any atom is 0.264 e. The van der Waals surface area contributed by atoms with E-state index >= 15 is 0 Å². The molecule has 0 fully saturated rings. The van der Waals surface area contributed by atoms with Crippen LogP contribution in [0.5, 0.6) is 0 Å². The second kappa shape index (κ2) is 9.29. The molecule has 0 amide bonds. The average molecular weight is 453 g/mol. The normalized spacial score (nSPS) is 11.2. The Hall–Kier alpha value is -2.88. The average Bonchev–Trinajstić information content (AvgIpc) is 2.75. The van der Waals surface area contributed by atoms with Crippen molar-refractivity contribution in [2.24, 2.45) is 0 Å². The van der Waals surface area contributed by atoms with Gasteiger partial charge in [0, 0.05) is 9.79 Å². The number of aromatic nitrogens is 3. The van der Waals surface area contributed by atoms with Crippen molar-refractivity contribution in [2.75, 3.05) is 4.72 Å². The molecule has 0 saturated heterocycles. The summed E-state index contributed by atoms with van der Waals surface area (Å²) in [6, 6.07) is 27.4. The number of rotatable bonds is 7. The topological polar surface area (TPSA) is 84.8 Å². The highest BCUT2D eigenvalue weighted by molar-refractivity contribution is 7.99. The van der Waals surface area contributed by atoms with Crippen LogP contribution in [0.15, 0.2) is 116 Å². The molecule has 4 aromatic rings. The van der Waals surface area contributed by atoms with Crippen molar-refractivity contribution in [2.45, 2.75) is 25.0 Å². The number of hydrogen-bond donors (Lipinski definition) is 1. The number of anilines is 1. The molecule has 0 unspecified atom stereocenters. The zero-order valence-corrected chi connectivity index (χ0v) is 18.0. The maximum absolute atomic E-state index is 12.7. The van der Waals surface area contributed by atoms with Crippen molar-refractivity contribution in [3.05, 3.63) is 91.0 Å². The van der Waals surface area contributed by atoms with E-state index in [-0.39, 0.29) is 10.8 Å². The van der Waals surface area contributed by atoms with Gasteiger partial charge in [0.2, 0.25) is 5.95 Å². The third-order valence-corrected chi connectivity index (χ3v) is 6.87. The molecule has 0 atom stereocenters. The second-order valence-electron chi connectivity index (χ2n) is 5.97. The molecule has 0 aliphatic rings. The van der Waals surface area contributed by atoms with E-state index in [1.165, 1.54) is 35.7 Å². The van der Waals surface area contributed by atoms with E-state index in [9.17, 15) is 8.42 Å². The Kier molecular flexibility index (Phi) is 6.32. The van der Waals surface area contributed by atoms with Gasteiger partial charge in [-0.2, -0.15) is 15.0 Å². The summed E-state index contributed by atoms with van der Waals surface area (Å²) in [6.07, 6.45) is 0. The summed E-state index contributed by atoms with van der Waals surface area (Å²) in [5.41, 5.74) is 0. The molecule has 1 aromatic heterocycles. The Morgan fingerprint density at radius 1 is 0.600 bits per heavy atom. The van der Waals surface area contributed by atoms with Gasteiger partial charge >= 0.3 is 0 Å². The molecule has 3 aromatic carbocycles. The zero-order valence-electron chi connectivity index (χ0n) is 15.5. The molecule has 1 N–H and O–H groups in total. The lowest BCUT2D eigenvalue weighted by molar-refractivity contribution is 0.600. The van der Waals surface area contributed by atoms with Crippen molar-refractivity contribution in [3.8, 4) is 0 Å². The quantitative estimate of drug-likeness (QED) is 0.423. The fourth-order valence-corrected chi connectivity index (χ4v) is 5.00. The minimum absolute atomic E-state index is 0.0225. The van der Waals surface area contributed by atoms with Crippen LogP contribution in [0.1, 0.15) is 0 Å². The third kappa shape index (κ3) is 5.38. The number of nitrogens with zero attached hydrogens (tertiary/aromatic N) is 3. The molecule has 9 heteroatoms. The lowest BCUT2D eigenvalue weighted by Crippen LogP contribution is -2.16. The summed E-state index contributed by atoms with van der Waals surface area (Å²) >= 11 is 2.68. The summed E-state index contributed by atoms with van der Waals surface area (Å²) in [6.45, 7) is 0. The van der Waals surface area contributed by atoms with E-state index in [0.29, 0.717) is 10.3 Å². The molecule has 1 heterocycles. The van der Waals surface area contributed by atoms with Gasteiger partial charge in [-0.15, -0.1) is 0 Å². The SMILES string of the molecule is O=S(=O)(Nc1nc(Sc2ccccc2)nc(Sc2ccccc2)n1)c1ccccc1. The zero-order chi connectivity index (χ0) is 20.8. The van der Waals surface area contributed by atoms with Gasteiger partial charge in [-0.1, -0.05) is 54.6 Å². The van der Waals surface area contributed by atoms with E-state index in [1.807, 2.05) is 60.7 Å². The molecule has 0 radical (unpaired) electrons. The summed E-state index contributed by atoms with van der Waals surface area (Å²) < 4.78 is 27.9. The van der Waals surface area contributed by atoms with Gasteiger partial charge in [-0.05, 0) is 59.9 Å². The number of hydrogen-bond acceptors (Lipinski definition) is 7.